The van der Waals surface area contributed by atoms with E-state index in [1.807, 2.05) is 6.92 Å². The molecule has 1 aliphatic rings. The molecule has 0 bridgehead atoms. The SMILES string of the molecule is CCOc1ccc(N([C@@H](C)C(=O)NCCCN2CCOCC2)S(C)(=O)=O)cc1. The molecule has 0 saturated carbocycles. The Morgan fingerprint density at radius 1 is 1.29 bits per heavy atom. The van der Waals surface area contributed by atoms with Crippen LogP contribution in [0.1, 0.15) is 20.3 Å². The number of hydrogen-bond acceptors (Lipinski definition) is 6. The standard InChI is InChI=1S/C19H31N3O5S/c1-4-27-18-8-6-17(7-9-18)22(28(3,24)25)16(2)19(23)20-10-5-11-21-12-14-26-15-13-21/h6-9,16H,4-5,10-15H2,1-3H3,(H,20,23)/t16-/m0/s1. The summed E-state index contributed by atoms with van der Waals surface area (Å²) >= 11 is 0. The summed E-state index contributed by atoms with van der Waals surface area (Å²) in [4.78, 5) is 14.8. The highest BCUT2D eigenvalue weighted by Gasteiger charge is 2.29. The Labute approximate surface area is 167 Å². The maximum atomic E-state index is 12.5. The number of anilines is 1. The first-order valence-corrected chi connectivity index (χ1v) is 11.5. The van der Waals surface area contributed by atoms with Gasteiger partial charge in [-0.15, -0.1) is 0 Å². The van der Waals surface area contributed by atoms with Crippen molar-refractivity contribution >= 4 is 21.6 Å². The summed E-state index contributed by atoms with van der Waals surface area (Å²) < 4.78 is 36.5. The fraction of sp³-hybridized carbons (Fsp3) is 0.632. The highest BCUT2D eigenvalue weighted by molar-refractivity contribution is 7.92. The quantitative estimate of drug-likeness (QED) is 0.578. The number of amides is 1. The fourth-order valence-corrected chi connectivity index (χ4v) is 4.33. The smallest absolute Gasteiger partial charge is 0.243 e. The zero-order valence-corrected chi connectivity index (χ0v) is 17.7. The van der Waals surface area contributed by atoms with Gasteiger partial charge in [-0.25, -0.2) is 8.42 Å². The van der Waals surface area contributed by atoms with Gasteiger partial charge < -0.3 is 14.8 Å². The van der Waals surface area contributed by atoms with Gasteiger partial charge in [0.1, 0.15) is 11.8 Å². The van der Waals surface area contributed by atoms with Gasteiger partial charge in [-0.2, -0.15) is 0 Å². The second kappa shape index (κ2) is 10.6. The van der Waals surface area contributed by atoms with E-state index in [0.29, 0.717) is 24.6 Å². The lowest BCUT2D eigenvalue weighted by molar-refractivity contribution is -0.121. The molecule has 0 aliphatic carbocycles. The zero-order chi connectivity index (χ0) is 20.6. The van der Waals surface area contributed by atoms with E-state index in [-0.39, 0.29) is 5.91 Å². The highest BCUT2D eigenvalue weighted by atomic mass is 32.2. The summed E-state index contributed by atoms with van der Waals surface area (Å²) in [5, 5.41) is 2.85. The first-order chi connectivity index (χ1) is 13.3. The molecule has 0 spiro atoms. The first kappa shape index (κ1) is 22.4. The van der Waals surface area contributed by atoms with E-state index in [4.69, 9.17) is 9.47 Å². The van der Waals surface area contributed by atoms with Crippen molar-refractivity contribution in [1.82, 2.24) is 10.2 Å². The molecule has 28 heavy (non-hydrogen) atoms. The minimum atomic E-state index is -3.63. The Hall–Kier alpha value is -1.84. The van der Waals surface area contributed by atoms with E-state index in [0.717, 1.165) is 49.8 Å². The zero-order valence-electron chi connectivity index (χ0n) is 16.9. The maximum Gasteiger partial charge on any atom is 0.243 e. The van der Waals surface area contributed by atoms with Gasteiger partial charge in [-0.1, -0.05) is 0 Å². The van der Waals surface area contributed by atoms with Gasteiger partial charge in [0, 0.05) is 19.6 Å². The summed E-state index contributed by atoms with van der Waals surface area (Å²) in [7, 11) is -3.63. The number of nitrogens with zero attached hydrogens (tertiary/aromatic N) is 2. The van der Waals surface area contributed by atoms with Gasteiger partial charge in [0.25, 0.3) is 0 Å². The average Bonchev–Trinajstić information content (AvgIpc) is 2.66. The summed E-state index contributed by atoms with van der Waals surface area (Å²) in [6.07, 6.45) is 1.91. The molecule has 1 aromatic rings. The van der Waals surface area contributed by atoms with Crippen LogP contribution >= 0.6 is 0 Å². The van der Waals surface area contributed by atoms with Gasteiger partial charge in [0.2, 0.25) is 15.9 Å². The van der Waals surface area contributed by atoms with Crippen LogP contribution in [0.2, 0.25) is 0 Å². The van der Waals surface area contributed by atoms with Crippen molar-refractivity contribution in [1.29, 1.82) is 0 Å². The van der Waals surface area contributed by atoms with Gasteiger partial charge in [-0.3, -0.25) is 14.0 Å². The fourth-order valence-electron chi connectivity index (χ4n) is 3.15. The second-order valence-corrected chi connectivity index (χ2v) is 8.62. The van der Waals surface area contributed by atoms with E-state index >= 15 is 0 Å². The van der Waals surface area contributed by atoms with E-state index < -0.39 is 16.1 Å². The number of morpholine rings is 1. The molecule has 1 saturated heterocycles. The molecule has 8 nitrogen and oxygen atoms in total. The van der Waals surface area contributed by atoms with Crippen molar-refractivity contribution in [2.75, 3.05) is 56.6 Å². The van der Waals surface area contributed by atoms with Crippen molar-refractivity contribution in [2.24, 2.45) is 0 Å². The van der Waals surface area contributed by atoms with Crippen LogP contribution in [0, 0.1) is 0 Å². The Morgan fingerprint density at radius 3 is 2.50 bits per heavy atom. The van der Waals surface area contributed by atoms with Gasteiger partial charge in [0.15, 0.2) is 0 Å². The molecule has 1 N–H and O–H groups in total. The van der Waals surface area contributed by atoms with Gasteiger partial charge in [0.05, 0.1) is 31.8 Å². The molecular formula is C19H31N3O5S. The van der Waals surface area contributed by atoms with Crippen molar-refractivity contribution in [3.63, 3.8) is 0 Å². The first-order valence-electron chi connectivity index (χ1n) is 9.63. The Bertz CT molecular complexity index is 718. The third-order valence-corrected chi connectivity index (χ3v) is 5.79. The van der Waals surface area contributed by atoms with Crippen molar-refractivity contribution < 1.29 is 22.7 Å². The maximum absolute atomic E-state index is 12.5. The van der Waals surface area contributed by atoms with Crippen molar-refractivity contribution in [3.8, 4) is 5.75 Å². The van der Waals surface area contributed by atoms with E-state index in [2.05, 4.69) is 10.2 Å². The van der Waals surface area contributed by atoms with Crippen LogP contribution in [-0.2, 0) is 19.6 Å². The lowest BCUT2D eigenvalue weighted by Crippen LogP contribution is -2.48. The van der Waals surface area contributed by atoms with Crippen LogP contribution < -0.4 is 14.4 Å². The number of carbonyl (C=O) groups excluding carboxylic acids is 1. The molecule has 9 heteroatoms. The molecule has 0 aromatic heterocycles. The molecule has 1 atom stereocenters. The molecular weight excluding hydrogens is 382 g/mol. The van der Waals surface area contributed by atoms with Crippen LogP contribution in [0.4, 0.5) is 5.69 Å². The predicted octanol–water partition coefficient (Wildman–Crippen LogP) is 1.08. The molecule has 1 fully saturated rings. The average molecular weight is 414 g/mol. The third kappa shape index (κ3) is 6.65. The molecule has 1 aromatic carbocycles. The Morgan fingerprint density at radius 2 is 1.93 bits per heavy atom. The van der Waals surface area contributed by atoms with E-state index in [9.17, 15) is 13.2 Å². The summed E-state index contributed by atoms with van der Waals surface area (Å²) in [5.41, 5.74) is 0.432. The Kier molecular flexibility index (Phi) is 8.53. The number of benzene rings is 1. The molecule has 0 unspecified atom stereocenters. The molecule has 0 radical (unpaired) electrons. The molecule has 1 heterocycles. The predicted molar refractivity (Wildman–Crippen MR) is 109 cm³/mol. The third-order valence-electron chi connectivity index (χ3n) is 4.54. The largest absolute Gasteiger partial charge is 0.494 e. The van der Waals surface area contributed by atoms with Crippen molar-refractivity contribution in [2.45, 2.75) is 26.3 Å². The number of rotatable bonds is 10. The summed E-state index contributed by atoms with van der Waals surface area (Å²) in [6.45, 7) is 8.68. The molecule has 1 amide bonds. The number of nitrogens with one attached hydrogen (secondary N) is 1. The minimum Gasteiger partial charge on any atom is -0.494 e. The van der Waals surface area contributed by atoms with E-state index in [1.165, 1.54) is 0 Å². The Balaban J connectivity index is 1.93. The second-order valence-electron chi connectivity index (χ2n) is 6.76. The lowest BCUT2D eigenvalue weighted by atomic mass is 10.2. The molecule has 1 aliphatic heterocycles. The van der Waals surface area contributed by atoms with Gasteiger partial charge in [-0.05, 0) is 51.1 Å². The highest BCUT2D eigenvalue weighted by Crippen LogP contribution is 2.24. The van der Waals surface area contributed by atoms with Crippen molar-refractivity contribution in [3.05, 3.63) is 24.3 Å². The molecule has 158 valence electrons. The normalized spacial score (nSPS) is 16.4. The summed E-state index contributed by atoms with van der Waals surface area (Å²) in [6, 6.07) is 5.84. The van der Waals surface area contributed by atoms with Crippen LogP contribution in [-0.4, -0.2) is 77.5 Å². The minimum absolute atomic E-state index is 0.318. The van der Waals surface area contributed by atoms with Gasteiger partial charge >= 0.3 is 0 Å². The molecule has 2 rings (SSSR count). The van der Waals surface area contributed by atoms with Crippen LogP contribution in [0.15, 0.2) is 24.3 Å². The number of sulfonamides is 1. The summed E-state index contributed by atoms with van der Waals surface area (Å²) in [5.74, 6) is 0.334. The van der Waals surface area contributed by atoms with Crippen LogP contribution in [0.3, 0.4) is 0 Å². The number of carbonyl (C=O) groups is 1. The topological polar surface area (TPSA) is 88.2 Å². The lowest BCUT2D eigenvalue weighted by Gasteiger charge is -2.29. The monoisotopic (exact) mass is 413 g/mol. The van der Waals surface area contributed by atoms with Crippen LogP contribution in [0.25, 0.3) is 0 Å². The number of ether oxygens (including phenoxy) is 2. The number of hydrogen-bond donors (Lipinski definition) is 1. The van der Waals surface area contributed by atoms with E-state index in [1.54, 1.807) is 31.2 Å². The van der Waals surface area contributed by atoms with Crippen LogP contribution in [0.5, 0.6) is 5.75 Å².